The second kappa shape index (κ2) is 10.1. The van der Waals surface area contributed by atoms with Crippen LogP contribution in [0.3, 0.4) is 0 Å². The predicted molar refractivity (Wildman–Crippen MR) is 124 cm³/mol. The molecular formula is C25H22F3N3O5. The number of halogens is 3. The van der Waals surface area contributed by atoms with Gasteiger partial charge in [0.2, 0.25) is 0 Å². The Kier molecular flexibility index (Phi) is 7.00. The fraction of sp³-hybridized carbons (Fsp3) is 0.240. The molecule has 4 rings (SSSR count). The van der Waals surface area contributed by atoms with Gasteiger partial charge in [-0.1, -0.05) is 31.2 Å². The quantitative estimate of drug-likeness (QED) is 0.357. The topological polar surface area (TPSA) is 103 Å². The number of nitrogens with zero attached hydrogens (tertiary/aromatic N) is 2. The number of nitrogens with one attached hydrogen (secondary N) is 1. The van der Waals surface area contributed by atoms with E-state index in [1.165, 1.54) is 24.8 Å². The van der Waals surface area contributed by atoms with E-state index in [4.69, 9.17) is 13.7 Å². The van der Waals surface area contributed by atoms with Crippen LogP contribution in [0, 0.1) is 6.92 Å². The molecule has 36 heavy (non-hydrogen) atoms. The number of H-pyrrole nitrogens is 1. The van der Waals surface area contributed by atoms with Crippen molar-refractivity contribution < 1.29 is 26.8 Å². The summed E-state index contributed by atoms with van der Waals surface area (Å²) in [4.78, 5) is 29.3. The molecule has 0 aliphatic carbocycles. The number of ether oxygens (including phenoxy) is 1. The van der Waals surface area contributed by atoms with Gasteiger partial charge in [0.05, 0.1) is 12.1 Å². The van der Waals surface area contributed by atoms with Crippen molar-refractivity contribution in [2.45, 2.75) is 39.6 Å². The molecular weight excluding hydrogens is 479 g/mol. The van der Waals surface area contributed by atoms with Gasteiger partial charge in [0.1, 0.15) is 24.3 Å². The molecule has 2 aromatic heterocycles. The number of benzene rings is 2. The third-order valence-corrected chi connectivity index (χ3v) is 5.43. The van der Waals surface area contributed by atoms with Crippen LogP contribution in [0.25, 0.3) is 17.2 Å². The number of aryl methyl sites for hydroxylation is 1. The molecule has 0 fully saturated rings. The number of oxazole rings is 1. The lowest BCUT2D eigenvalue weighted by Crippen LogP contribution is -2.17. The highest BCUT2D eigenvalue weighted by Crippen LogP contribution is 2.38. The van der Waals surface area contributed by atoms with Crippen molar-refractivity contribution in [1.82, 2.24) is 14.7 Å². The molecule has 0 saturated heterocycles. The average molecular weight is 501 g/mol. The molecule has 11 heteroatoms. The van der Waals surface area contributed by atoms with Gasteiger partial charge in [-0.05, 0) is 53.8 Å². The van der Waals surface area contributed by atoms with E-state index in [0.29, 0.717) is 34.6 Å². The van der Waals surface area contributed by atoms with Crippen molar-refractivity contribution in [3.05, 3.63) is 98.0 Å². The summed E-state index contributed by atoms with van der Waals surface area (Å²) in [5, 5.41) is 0. The van der Waals surface area contributed by atoms with E-state index in [0.717, 1.165) is 28.0 Å². The van der Waals surface area contributed by atoms with E-state index in [2.05, 4.69) is 4.98 Å². The van der Waals surface area contributed by atoms with Gasteiger partial charge in [-0.3, -0.25) is 0 Å². The van der Waals surface area contributed by atoms with Crippen LogP contribution in [0.2, 0.25) is 0 Å². The summed E-state index contributed by atoms with van der Waals surface area (Å²) in [6.45, 7) is 3.83. The van der Waals surface area contributed by atoms with E-state index in [1.54, 1.807) is 6.07 Å². The van der Waals surface area contributed by atoms with Crippen LogP contribution in [0.15, 0.2) is 73.2 Å². The van der Waals surface area contributed by atoms with Crippen molar-refractivity contribution >= 4 is 6.08 Å². The van der Waals surface area contributed by atoms with Crippen LogP contribution in [-0.2, 0) is 19.3 Å². The molecule has 0 aliphatic heterocycles. The van der Waals surface area contributed by atoms with Crippen LogP contribution >= 0.6 is 0 Å². The van der Waals surface area contributed by atoms with Gasteiger partial charge in [0, 0.05) is 5.56 Å². The highest BCUT2D eigenvalue weighted by molar-refractivity contribution is 5.82. The summed E-state index contributed by atoms with van der Waals surface area (Å²) in [6, 6.07) is 8.44. The minimum atomic E-state index is -4.47. The number of alkyl halides is 3. The zero-order valence-electron chi connectivity index (χ0n) is 19.4. The van der Waals surface area contributed by atoms with Gasteiger partial charge >= 0.3 is 17.6 Å². The Labute approximate surface area is 202 Å². The predicted octanol–water partition coefficient (Wildman–Crippen LogP) is 5.18. The lowest BCUT2D eigenvalue weighted by molar-refractivity contribution is -0.137. The molecule has 0 atom stereocenters. The first-order valence-corrected chi connectivity index (χ1v) is 11.0. The van der Waals surface area contributed by atoms with E-state index < -0.39 is 23.2 Å². The number of hydrogen-bond donors (Lipinski definition) is 1. The summed E-state index contributed by atoms with van der Waals surface area (Å²) in [6.07, 6.45) is 0.559. The van der Waals surface area contributed by atoms with Crippen molar-refractivity contribution in [2.24, 2.45) is 0 Å². The molecule has 0 bridgehead atoms. The fourth-order valence-corrected chi connectivity index (χ4v) is 3.69. The lowest BCUT2D eigenvalue weighted by Gasteiger charge is -2.17. The van der Waals surface area contributed by atoms with Gasteiger partial charge in [0.25, 0.3) is 0 Å². The summed E-state index contributed by atoms with van der Waals surface area (Å²) in [5.74, 6) is -0.426. The molecule has 8 nitrogen and oxygen atoms in total. The third-order valence-electron chi connectivity index (χ3n) is 5.43. The molecule has 2 aromatic carbocycles. The highest BCUT2D eigenvalue weighted by atomic mass is 19.4. The first-order valence-electron chi connectivity index (χ1n) is 11.0. The first-order chi connectivity index (χ1) is 17.1. The standard InChI is InChI=1S/C25H22F3N3O5/c1-3-16(11-31-23(32)30-24(33)36-31)10-18-8-15(2)9-21(35-13-20-12-34-14-29-20)22(18)17-4-6-19(7-5-17)25(26,27)28/h4-10,12,14H,3,11,13H2,1-2H3,(H,30,32,33). The molecule has 1 N–H and O–H groups in total. The molecule has 0 radical (unpaired) electrons. The second-order valence-electron chi connectivity index (χ2n) is 8.07. The highest BCUT2D eigenvalue weighted by Gasteiger charge is 2.30. The summed E-state index contributed by atoms with van der Waals surface area (Å²) >= 11 is 0. The Bertz CT molecular complexity index is 1480. The Balaban J connectivity index is 1.81. The van der Waals surface area contributed by atoms with Gasteiger partial charge in [-0.25, -0.2) is 19.6 Å². The lowest BCUT2D eigenvalue weighted by atomic mass is 9.94. The smallest absolute Gasteiger partial charge is 0.440 e. The zero-order valence-corrected chi connectivity index (χ0v) is 19.4. The number of hydrogen-bond acceptors (Lipinski definition) is 6. The SMILES string of the molecule is CCC(=Cc1cc(C)cc(OCc2cocn2)c1-c1ccc(C(F)(F)F)cc1)Cn1oc(=O)[nH]c1=O. The average Bonchev–Trinajstić information content (AvgIpc) is 3.45. The van der Waals surface area contributed by atoms with Crippen LogP contribution < -0.4 is 16.2 Å². The maximum absolute atomic E-state index is 13.2. The fourth-order valence-electron chi connectivity index (χ4n) is 3.69. The van der Waals surface area contributed by atoms with E-state index in [-0.39, 0.29) is 13.2 Å². The Morgan fingerprint density at radius 1 is 1.19 bits per heavy atom. The van der Waals surface area contributed by atoms with Crippen LogP contribution in [0.4, 0.5) is 13.2 Å². The molecule has 0 saturated carbocycles. The monoisotopic (exact) mass is 501 g/mol. The Morgan fingerprint density at radius 2 is 1.94 bits per heavy atom. The normalized spacial score (nSPS) is 12.2. The molecule has 0 unspecified atom stereocenters. The zero-order chi connectivity index (χ0) is 25.9. The number of rotatable bonds is 8. The minimum absolute atomic E-state index is 0.0175. The van der Waals surface area contributed by atoms with E-state index >= 15 is 0 Å². The van der Waals surface area contributed by atoms with Gasteiger partial charge in [-0.2, -0.15) is 13.2 Å². The maximum atomic E-state index is 13.2. The maximum Gasteiger partial charge on any atom is 0.440 e. The van der Waals surface area contributed by atoms with Crippen LogP contribution in [0.5, 0.6) is 5.75 Å². The summed E-state index contributed by atoms with van der Waals surface area (Å²) in [5.41, 5.74) is 2.40. The second-order valence-corrected chi connectivity index (χ2v) is 8.07. The van der Waals surface area contributed by atoms with Crippen LogP contribution in [-0.4, -0.2) is 14.7 Å². The molecule has 2 heterocycles. The number of allylic oxidation sites excluding steroid dienone is 1. The van der Waals surface area contributed by atoms with Gasteiger partial charge in [0.15, 0.2) is 6.39 Å². The molecule has 0 aliphatic rings. The summed E-state index contributed by atoms with van der Waals surface area (Å²) in [7, 11) is 0. The molecule has 0 spiro atoms. The van der Waals surface area contributed by atoms with Crippen molar-refractivity contribution in [1.29, 1.82) is 0 Å². The van der Waals surface area contributed by atoms with Crippen molar-refractivity contribution in [3.63, 3.8) is 0 Å². The minimum Gasteiger partial charge on any atom is -0.486 e. The third kappa shape index (κ3) is 5.68. The Hall–Kier alpha value is -4.28. The van der Waals surface area contributed by atoms with Gasteiger partial charge < -0.3 is 13.7 Å². The number of aromatic nitrogens is 3. The van der Waals surface area contributed by atoms with Gasteiger partial charge in [-0.15, -0.1) is 4.74 Å². The summed E-state index contributed by atoms with van der Waals surface area (Å²) < 4.78 is 56.3. The largest absolute Gasteiger partial charge is 0.486 e. The molecule has 188 valence electrons. The first kappa shape index (κ1) is 24.8. The van der Waals surface area contributed by atoms with E-state index in [9.17, 15) is 22.8 Å². The number of aromatic amines is 1. The van der Waals surface area contributed by atoms with Crippen LogP contribution in [0.1, 0.15) is 35.7 Å². The molecule has 4 aromatic rings. The van der Waals surface area contributed by atoms with E-state index in [1.807, 2.05) is 31.0 Å². The van der Waals surface area contributed by atoms with Crippen molar-refractivity contribution in [2.75, 3.05) is 0 Å². The molecule has 0 amide bonds. The Morgan fingerprint density at radius 3 is 2.53 bits per heavy atom. The van der Waals surface area contributed by atoms with Crippen molar-refractivity contribution in [3.8, 4) is 16.9 Å².